The zero-order valence-electron chi connectivity index (χ0n) is 20.8. The second-order valence-electron chi connectivity index (χ2n) is 9.02. The molecule has 9 heteroatoms. The first kappa shape index (κ1) is 24.9. The summed E-state index contributed by atoms with van der Waals surface area (Å²) in [5.74, 6) is -1.54. The third-order valence-electron chi connectivity index (χ3n) is 6.47. The van der Waals surface area contributed by atoms with Gasteiger partial charge in [0.2, 0.25) is 5.91 Å². The fraction of sp³-hybridized carbons (Fsp3) is 0.172. The summed E-state index contributed by atoms with van der Waals surface area (Å²) >= 11 is 0. The van der Waals surface area contributed by atoms with Crippen LogP contribution in [0.3, 0.4) is 0 Å². The second kappa shape index (κ2) is 10.3. The van der Waals surface area contributed by atoms with Gasteiger partial charge >= 0.3 is 6.01 Å². The summed E-state index contributed by atoms with van der Waals surface area (Å²) in [6.45, 7) is 5.96. The van der Waals surface area contributed by atoms with Crippen molar-refractivity contribution in [1.82, 2.24) is 14.5 Å². The predicted molar refractivity (Wildman–Crippen MR) is 142 cm³/mol. The average Bonchev–Trinajstić information content (AvgIpc) is 3.26. The number of carbonyl (C=O) groups is 2. The number of primary amides is 1. The summed E-state index contributed by atoms with van der Waals surface area (Å²) in [7, 11) is 0. The number of hydrogen-bond acceptors (Lipinski definition) is 5. The average molecular weight is 512 g/mol. The van der Waals surface area contributed by atoms with Crippen molar-refractivity contribution in [2.24, 2.45) is 5.73 Å². The Kier molecular flexibility index (Phi) is 6.74. The van der Waals surface area contributed by atoms with E-state index >= 15 is 4.39 Å². The zero-order chi connectivity index (χ0) is 26.8. The van der Waals surface area contributed by atoms with Crippen LogP contribution >= 0.6 is 0 Å². The number of aromatic nitrogens is 3. The number of aryl methyl sites for hydroxylation is 1. The minimum absolute atomic E-state index is 0.0344. The Hall–Kier alpha value is -4.79. The highest BCUT2D eigenvalue weighted by Crippen LogP contribution is 2.42. The Morgan fingerprint density at radius 2 is 1.89 bits per heavy atom. The van der Waals surface area contributed by atoms with Gasteiger partial charge in [0.25, 0.3) is 5.91 Å². The molecule has 0 bridgehead atoms. The number of nitrogens with two attached hydrogens (primary N) is 1. The first-order valence-corrected chi connectivity index (χ1v) is 12.2. The molecule has 2 amide bonds. The number of nitrogens with zero attached hydrogens (tertiary/aromatic N) is 3. The molecule has 1 aliphatic rings. The molecule has 2 aromatic heterocycles. The van der Waals surface area contributed by atoms with Crippen molar-refractivity contribution < 1.29 is 18.7 Å². The molecule has 0 saturated carbocycles. The van der Waals surface area contributed by atoms with Gasteiger partial charge in [0.05, 0.1) is 11.3 Å². The van der Waals surface area contributed by atoms with Crippen LogP contribution < -0.4 is 15.8 Å². The van der Waals surface area contributed by atoms with Gasteiger partial charge in [-0.25, -0.2) is 14.4 Å². The number of hydrogen-bond donors (Lipinski definition) is 2. The number of anilines is 1. The monoisotopic (exact) mass is 511 g/mol. The predicted octanol–water partition coefficient (Wildman–Crippen LogP) is 5.41. The molecule has 0 spiro atoms. The van der Waals surface area contributed by atoms with Crippen molar-refractivity contribution in [3.05, 3.63) is 90.2 Å². The van der Waals surface area contributed by atoms with Crippen LogP contribution in [0.15, 0.2) is 67.4 Å². The number of halogens is 1. The summed E-state index contributed by atoms with van der Waals surface area (Å²) < 4.78 is 23.0. The van der Waals surface area contributed by atoms with Gasteiger partial charge < -0.3 is 20.4 Å². The lowest BCUT2D eigenvalue weighted by molar-refractivity contribution is -0.111. The maximum absolute atomic E-state index is 15.3. The van der Waals surface area contributed by atoms with Crippen molar-refractivity contribution in [2.45, 2.75) is 32.7 Å². The van der Waals surface area contributed by atoms with Gasteiger partial charge in [0.1, 0.15) is 0 Å². The molecule has 38 heavy (non-hydrogen) atoms. The van der Waals surface area contributed by atoms with Crippen LogP contribution in [0, 0.1) is 12.7 Å². The van der Waals surface area contributed by atoms with Crippen LogP contribution in [0.2, 0.25) is 0 Å². The normalized spacial score (nSPS) is 12.5. The standard InChI is InChI=1S/C29H26FN5O3/c1-3-24(36)34-20-10-7-18(8-11-20)27-25(26(28(31)37)22-6-4-5-15-35(22)27)19-9-12-23(21(30)16-19)38-29-32-14-13-17(2)33-29/h3,7-14,16H,1,4-6,15H2,2H3,(H2,31,37)(H,34,36). The zero-order valence-corrected chi connectivity index (χ0v) is 20.8. The molecule has 0 saturated heterocycles. The van der Waals surface area contributed by atoms with Gasteiger partial charge in [-0.05, 0) is 73.7 Å². The maximum Gasteiger partial charge on any atom is 0.322 e. The first-order chi connectivity index (χ1) is 18.4. The number of rotatable bonds is 7. The van der Waals surface area contributed by atoms with Crippen molar-refractivity contribution in [2.75, 3.05) is 5.32 Å². The largest absolute Gasteiger partial charge is 0.421 e. The number of ether oxygens (including phenoxy) is 1. The number of amides is 2. The van der Waals surface area contributed by atoms with E-state index in [0.717, 1.165) is 29.8 Å². The van der Waals surface area contributed by atoms with Gasteiger partial charge in [-0.1, -0.05) is 24.8 Å². The molecule has 4 aromatic rings. The van der Waals surface area contributed by atoms with E-state index in [9.17, 15) is 9.59 Å². The molecule has 2 aromatic carbocycles. The summed E-state index contributed by atoms with van der Waals surface area (Å²) in [6.07, 6.45) is 5.29. The molecule has 0 radical (unpaired) electrons. The Bertz CT molecular complexity index is 1560. The fourth-order valence-electron chi connectivity index (χ4n) is 4.80. The lowest BCUT2D eigenvalue weighted by atomic mass is 9.95. The van der Waals surface area contributed by atoms with Gasteiger partial charge in [0, 0.05) is 35.4 Å². The van der Waals surface area contributed by atoms with Crippen LogP contribution in [0.5, 0.6) is 11.8 Å². The molecule has 0 fully saturated rings. The molecule has 0 atom stereocenters. The highest BCUT2D eigenvalue weighted by atomic mass is 19.1. The summed E-state index contributed by atoms with van der Waals surface area (Å²) in [4.78, 5) is 32.6. The number of benzene rings is 2. The van der Waals surface area contributed by atoms with Gasteiger partial charge in [-0.15, -0.1) is 0 Å². The fourth-order valence-corrected chi connectivity index (χ4v) is 4.80. The lowest BCUT2D eigenvalue weighted by Gasteiger charge is -2.19. The van der Waals surface area contributed by atoms with Crippen molar-refractivity contribution >= 4 is 17.5 Å². The first-order valence-electron chi connectivity index (χ1n) is 12.2. The molecular formula is C29H26FN5O3. The lowest BCUT2D eigenvalue weighted by Crippen LogP contribution is -2.17. The van der Waals surface area contributed by atoms with Crippen LogP contribution in [0.4, 0.5) is 10.1 Å². The number of nitrogens with one attached hydrogen (secondary N) is 1. The minimum atomic E-state index is -0.624. The smallest absolute Gasteiger partial charge is 0.322 e. The van der Waals surface area contributed by atoms with E-state index in [1.165, 1.54) is 24.4 Å². The Labute approximate surface area is 219 Å². The highest BCUT2D eigenvalue weighted by Gasteiger charge is 2.29. The summed E-state index contributed by atoms with van der Waals surface area (Å²) in [6, 6.07) is 13.5. The molecule has 5 rings (SSSR count). The van der Waals surface area contributed by atoms with E-state index in [1.807, 2.05) is 12.1 Å². The van der Waals surface area contributed by atoms with Crippen LogP contribution in [-0.4, -0.2) is 26.3 Å². The Morgan fingerprint density at radius 1 is 1.13 bits per heavy atom. The molecule has 192 valence electrons. The highest BCUT2D eigenvalue weighted by molar-refractivity contribution is 6.06. The topological polar surface area (TPSA) is 112 Å². The number of fused-ring (bicyclic) bond motifs is 1. The van der Waals surface area contributed by atoms with E-state index < -0.39 is 11.7 Å². The molecule has 3 heterocycles. The third-order valence-corrected chi connectivity index (χ3v) is 6.47. The van der Waals surface area contributed by atoms with Crippen LogP contribution in [0.1, 0.15) is 34.6 Å². The van der Waals surface area contributed by atoms with E-state index in [-0.39, 0.29) is 17.7 Å². The summed E-state index contributed by atoms with van der Waals surface area (Å²) in [5, 5.41) is 2.73. The Morgan fingerprint density at radius 3 is 2.58 bits per heavy atom. The molecule has 8 nitrogen and oxygen atoms in total. The Balaban J connectivity index is 1.62. The minimum Gasteiger partial charge on any atom is -0.421 e. The number of carbonyl (C=O) groups excluding carboxylic acids is 2. The van der Waals surface area contributed by atoms with Crippen molar-refractivity contribution in [3.63, 3.8) is 0 Å². The maximum atomic E-state index is 15.3. The van der Waals surface area contributed by atoms with E-state index in [0.29, 0.717) is 41.0 Å². The van der Waals surface area contributed by atoms with Crippen LogP contribution in [-0.2, 0) is 17.8 Å². The molecule has 0 aliphatic carbocycles. The SMILES string of the molecule is C=CC(=O)Nc1ccc(-c2c(-c3ccc(Oc4nccc(C)n4)c(F)c3)c(C(N)=O)c3n2CCCC3)cc1. The van der Waals surface area contributed by atoms with Crippen molar-refractivity contribution in [3.8, 4) is 34.1 Å². The van der Waals surface area contributed by atoms with Crippen LogP contribution in [0.25, 0.3) is 22.4 Å². The quantitative estimate of drug-likeness (QED) is 0.322. The summed E-state index contributed by atoms with van der Waals surface area (Å²) in [5.41, 5.74) is 11.1. The van der Waals surface area contributed by atoms with Gasteiger partial charge in [-0.2, -0.15) is 0 Å². The van der Waals surface area contributed by atoms with E-state index in [2.05, 4.69) is 26.4 Å². The van der Waals surface area contributed by atoms with Crippen molar-refractivity contribution in [1.29, 1.82) is 0 Å². The molecule has 0 unspecified atom stereocenters. The van der Waals surface area contributed by atoms with E-state index in [4.69, 9.17) is 10.5 Å². The van der Waals surface area contributed by atoms with Gasteiger partial charge in [-0.3, -0.25) is 9.59 Å². The van der Waals surface area contributed by atoms with Gasteiger partial charge in [0.15, 0.2) is 11.6 Å². The second-order valence-corrected chi connectivity index (χ2v) is 9.02. The third kappa shape index (κ3) is 4.78. The molecular weight excluding hydrogens is 485 g/mol. The van der Waals surface area contributed by atoms with E-state index in [1.54, 1.807) is 31.2 Å². The molecule has 1 aliphatic heterocycles. The molecule has 3 N–H and O–H groups in total.